The molecule has 2 atom stereocenters. The summed E-state index contributed by atoms with van der Waals surface area (Å²) >= 11 is 3.02. The van der Waals surface area contributed by atoms with Crippen LogP contribution in [0.4, 0.5) is 5.69 Å². The SMILES string of the molecule is CCS(=O)(=O)[C@](C)(Br)[C@@H](O)c1cccc([N+](=O)[O-])c1. The number of sulfone groups is 1. The number of benzene rings is 1. The Morgan fingerprint density at radius 2 is 2.11 bits per heavy atom. The van der Waals surface area contributed by atoms with Crippen LogP contribution in [0.15, 0.2) is 24.3 Å². The Hall–Kier alpha value is -0.990. The summed E-state index contributed by atoms with van der Waals surface area (Å²) in [5.74, 6) is -0.152. The van der Waals surface area contributed by atoms with Crippen LogP contribution in [0, 0.1) is 10.1 Å². The molecule has 0 aliphatic heterocycles. The maximum atomic E-state index is 11.9. The third-order valence-electron chi connectivity index (χ3n) is 2.87. The summed E-state index contributed by atoms with van der Waals surface area (Å²) in [5, 5.41) is 20.8. The average molecular weight is 352 g/mol. The largest absolute Gasteiger partial charge is 0.386 e. The molecule has 0 aliphatic rings. The number of aliphatic hydroxyl groups excluding tert-OH is 1. The van der Waals surface area contributed by atoms with Gasteiger partial charge in [-0.2, -0.15) is 0 Å². The van der Waals surface area contributed by atoms with Gasteiger partial charge >= 0.3 is 0 Å². The maximum Gasteiger partial charge on any atom is 0.269 e. The van der Waals surface area contributed by atoms with Crippen molar-refractivity contribution >= 4 is 31.5 Å². The third-order valence-corrected chi connectivity index (χ3v) is 6.99. The van der Waals surface area contributed by atoms with E-state index in [4.69, 9.17) is 0 Å². The van der Waals surface area contributed by atoms with Gasteiger partial charge in [0.1, 0.15) is 6.10 Å². The Morgan fingerprint density at radius 3 is 2.58 bits per heavy atom. The minimum Gasteiger partial charge on any atom is -0.386 e. The minimum absolute atomic E-state index is 0.152. The molecule has 0 aromatic heterocycles. The fourth-order valence-corrected chi connectivity index (χ4v) is 3.55. The fraction of sp³-hybridized carbons (Fsp3) is 0.455. The first-order chi connectivity index (χ1) is 8.63. The van der Waals surface area contributed by atoms with Gasteiger partial charge in [0.15, 0.2) is 13.5 Å². The van der Waals surface area contributed by atoms with E-state index in [1.165, 1.54) is 32.0 Å². The molecule has 0 amide bonds. The van der Waals surface area contributed by atoms with Crippen molar-refractivity contribution in [3.8, 4) is 0 Å². The van der Waals surface area contributed by atoms with E-state index >= 15 is 0 Å². The van der Waals surface area contributed by atoms with Crippen LogP contribution in [0.3, 0.4) is 0 Å². The van der Waals surface area contributed by atoms with Crippen molar-refractivity contribution in [1.29, 1.82) is 0 Å². The number of hydrogen-bond donors (Lipinski definition) is 1. The molecule has 0 saturated carbocycles. The lowest BCUT2D eigenvalue weighted by Gasteiger charge is -2.28. The molecule has 1 aromatic carbocycles. The summed E-state index contributed by atoms with van der Waals surface area (Å²) in [4.78, 5) is 10.1. The molecule has 0 radical (unpaired) electrons. The van der Waals surface area contributed by atoms with E-state index < -0.39 is 24.5 Å². The standard InChI is InChI=1S/C11H14BrNO5S/c1-3-19(17,18)11(2,12)10(14)8-5-4-6-9(7-8)13(15)16/h4-7,10,14H,3H2,1-2H3/t10-,11-/m0/s1. The summed E-state index contributed by atoms with van der Waals surface area (Å²) in [6, 6.07) is 5.28. The lowest BCUT2D eigenvalue weighted by atomic mass is 10.1. The highest BCUT2D eigenvalue weighted by atomic mass is 79.9. The summed E-state index contributed by atoms with van der Waals surface area (Å²) < 4.78 is 22.2. The van der Waals surface area contributed by atoms with Crippen LogP contribution in [0.25, 0.3) is 0 Å². The monoisotopic (exact) mass is 351 g/mol. The van der Waals surface area contributed by atoms with Gasteiger partial charge in [-0.15, -0.1) is 0 Å². The molecule has 0 bridgehead atoms. The summed E-state index contributed by atoms with van der Waals surface area (Å²) in [6.45, 7) is 2.80. The van der Waals surface area contributed by atoms with Crippen molar-refractivity contribution in [2.75, 3.05) is 5.75 Å². The molecule has 19 heavy (non-hydrogen) atoms. The van der Waals surface area contributed by atoms with E-state index in [2.05, 4.69) is 15.9 Å². The van der Waals surface area contributed by atoms with Crippen LogP contribution < -0.4 is 0 Å². The van der Waals surface area contributed by atoms with Gasteiger partial charge in [-0.05, 0) is 12.5 Å². The first-order valence-electron chi connectivity index (χ1n) is 5.47. The molecule has 1 aromatic rings. The van der Waals surface area contributed by atoms with Crippen molar-refractivity contribution in [2.45, 2.75) is 23.6 Å². The van der Waals surface area contributed by atoms with Gasteiger partial charge in [0.25, 0.3) is 5.69 Å². The molecule has 0 saturated heterocycles. The molecule has 0 aliphatic carbocycles. The molecule has 8 heteroatoms. The molecule has 1 N–H and O–H groups in total. The normalized spacial score (nSPS) is 16.6. The Bertz CT molecular complexity index is 585. The highest BCUT2D eigenvalue weighted by molar-refractivity contribution is 9.11. The number of alkyl halides is 1. The lowest BCUT2D eigenvalue weighted by Crippen LogP contribution is -2.36. The highest BCUT2D eigenvalue weighted by Crippen LogP contribution is 2.39. The Morgan fingerprint density at radius 1 is 1.53 bits per heavy atom. The van der Waals surface area contributed by atoms with Gasteiger partial charge < -0.3 is 5.11 Å². The zero-order chi connectivity index (χ0) is 14.8. The molecule has 6 nitrogen and oxygen atoms in total. The number of nitro groups is 1. The van der Waals surface area contributed by atoms with E-state index in [9.17, 15) is 23.6 Å². The predicted octanol–water partition coefficient (Wildman–Crippen LogP) is 2.17. The smallest absolute Gasteiger partial charge is 0.269 e. The molecular formula is C11H14BrNO5S. The van der Waals surface area contributed by atoms with E-state index in [1.54, 1.807) is 0 Å². The van der Waals surface area contributed by atoms with E-state index in [0.29, 0.717) is 0 Å². The molecule has 0 fully saturated rings. The number of nitrogens with zero attached hydrogens (tertiary/aromatic N) is 1. The molecule has 1 rings (SSSR count). The maximum absolute atomic E-state index is 11.9. The second-order valence-corrected chi connectivity index (χ2v) is 8.97. The highest BCUT2D eigenvalue weighted by Gasteiger charge is 2.43. The van der Waals surface area contributed by atoms with Crippen molar-refractivity contribution in [3.63, 3.8) is 0 Å². The molecular weight excluding hydrogens is 338 g/mol. The van der Waals surface area contributed by atoms with Gasteiger partial charge in [0.05, 0.1) is 4.92 Å². The lowest BCUT2D eigenvalue weighted by molar-refractivity contribution is -0.385. The molecule has 0 unspecified atom stereocenters. The van der Waals surface area contributed by atoms with Crippen LogP contribution in [-0.4, -0.2) is 27.9 Å². The zero-order valence-corrected chi connectivity index (χ0v) is 12.8. The van der Waals surface area contributed by atoms with Gasteiger partial charge in [0, 0.05) is 17.9 Å². The number of nitro benzene ring substituents is 1. The van der Waals surface area contributed by atoms with Crippen LogP contribution >= 0.6 is 15.9 Å². The predicted molar refractivity (Wildman–Crippen MR) is 74.8 cm³/mol. The Kier molecular flexibility index (Phi) is 4.70. The minimum atomic E-state index is -3.58. The number of rotatable bonds is 5. The summed E-state index contributed by atoms with van der Waals surface area (Å²) in [7, 11) is -3.58. The Balaban J connectivity index is 3.24. The van der Waals surface area contributed by atoms with Crippen molar-refractivity contribution < 1.29 is 18.4 Å². The summed E-state index contributed by atoms with van der Waals surface area (Å²) in [5.41, 5.74) is -0.0284. The van der Waals surface area contributed by atoms with Crippen LogP contribution in [-0.2, 0) is 9.84 Å². The van der Waals surface area contributed by atoms with Gasteiger partial charge in [0.2, 0.25) is 0 Å². The Labute approximate surface area is 119 Å². The van der Waals surface area contributed by atoms with Crippen LogP contribution in [0.1, 0.15) is 25.5 Å². The number of non-ortho nitro benzene ring substituents is 1. The first-order valence-corrected chi connectivity index (χ1v) is 7.91. The number of aliphatic hydroxyl groups is 1. The molecule has 106 valence electrons. The van der Waals surface area contributed by atoms with E-state index in [1.807, 2.05) is 0 Å². The third kappa shape index (κ3) is 3.13. The van der Waals surface area contributed by atoms with Gasteiger partial charge in [-0.25, -0.2) is 8.42 Å². The van der Waals surface area contributed by atoms with Crippen LogP contribution in [0.5, 0.6) is 0 Å². The van der Waals surface area contributed by atoms with Crippen molar-refractivity contribution in [1.82, 2.24) is 0 Å². The molecule has 0 heterocycles. The zero-order valence-electron chi connectivity index (χ0n) is 10.4. The van der Waals surface area contributed by atoms with Crippen LogP contribution in [0.2, 0.25) is 0 Å². The molecule has 0 spiro atoms. The topological polar surface area (TPSA) is 97.5 Å². The second-order valence-electron chi connectivity index (χ2n) is 4.14. The van der Waals surface area contributed by atoms with E-state index in [0.717, 1.165) is 6.07 Å². The second kappa shape index (κ2) is 5.56. The van der Waals surface area contributed by atoms with Gasteiger partial charge in [-0.1, -0.05) is 35.0 Å². The fourth-order valence-electron chi connectivity index (χ4n) is 1.56. The van der Waals surface area contributed by atoms with Crippen molar-refractivity contribution in [3.05, 3.63) is 39.9 Å². The number of hydrogen-bond acceptors (Lipinski definition) is 5. The van der Waals surface area contributed by atoms with E-state index in [-0.39, 0.29) is 17.0 Å². The average Bonchev–Trinajstić information content (AvgIpc) is 2.37. The van der Waals surface area contributed by atoms with Crippen molar-refractivity contribution in [2.24, 2.45) is 0 Å². The quantitative estimate of drug-likeness (QED) is 0.498. The summed E-state index contributed by atoms with van der Waals surface area (Å²) in [6.07, 6.45) is -1.41. The number of halogens is 1. The first kappa shape index (κ1) is 16.1. The van der Waals surface area contributed by atoms with Gasteiger partial charge in [-0.3, -0.25) is 10.1 Å².